The smallest absolute Gasteiger partial charge is 0.227 e. The van der Waals surface area contributed by atoms with Crippen molar-refractivity contribution in [2.24, 2.45) is 4.99 Å². The first-order valence-electron chi connectivity index (χ1n) is 8.87. The van der Waals surface area contributed by atoms with E-state index in [-0.39, 0.29) is 11.7 Å². The molecule has 4 unspecified atom stereocenters. The monoisotopic (exact) mass is 399 g/mol. The average Bonchev–Trinajstić information content (AvgIpc) is 3.18. The van der Waals surface area contributed by atoms with Crippen molar-refractivity contribution >= 4 is 29.0 Å². The highest BCUT2D eigenvalue weighted by atomic mass is 16.4. The van der Waals surface area contributed by atoms with Crippen molar-refractivity contribution in [3.05, 3.63) is 59.7 Å². The minimum Gasteiger partial charge on any atom is -0.394 e. The molecule has 0 radical (unpaired) electrons. The van der Waals surface area contributed by atoms with Gasteiger partial charge in [-0.25, -0.2) is 9.98 Å². The zero-order valence-electron chi connectivity index (χ0n) is 15.3. The van der Waals surface area contributed by atoms with Crippen LogP contribution >= 0.6 is 0 Å². The van der Waals surface area contributed by atoms with Gasteiger partial charge in [-0.3, -0.25) is 4.79 Å². The van der Waals surface area contributed by atoms with E-state index in [0.29, 0.717) is 22.2 Å². The van der Waals surface area contributed by atoms with Gasteiger partial charge in [0.05, 0.1) is 17.6 Å². The Labute approximate surface area is 165 Å². The van der Waals surface area contributed by atoms with E-state index in [1.165, 1.54) is 0 Å². The summed E-state index contributed by atoms with van der Waals surface area (Å²) in [5.41, 5.74) is 2.14. The second-order valence-electron chi connectivity index (χ2n) is 6.49. The van der Waals surface area contributed by atoms with Crippen LogP contribution in [0.5, 0.6) is 0 Å². The lowest BCUT2D eigenvalue weighted by Gasteiger charge is -2.23. The Morgan fingerprint density at radius 1 is 1.03 bits per heavy atom. The summed E-state index contributed by atoms with van der Waals surface area (Å²) in [6.07, 6.45) is -5.75. The number of aliphatic imine (C=N–C) groups is 1. The molecule has 152 valence electrons. The number of ketones is 1. The zero-order chi connectivity index (χ0) is 21.0. The molecule has 9 heteroatoms. The number of imidazole rings is 1. The Balaban J connectivity index is 1.76. The molecule has 0 spiro atoms. The molecule has 0 aliphatic rings. The van der Waals surface area contributed by atoms with Gasteiger partial charge in [-0.2, -0.15) is 0 Å². The molecule has 1 heterocycles. The molecule has 0 aliphatic heterocycles. The van der Waals surface area contributed by atoms with Gasteiger partial charge in [0.2, 0.25) is 5.95 Å². The molecule has 0 fully saturated rings. The lowest BCUT2D eigenvalue weighted by atomic mass is 10.0. The quantitative estimate of drug-likeness (QED) is 0.228. The van der Waals surface area contributed by atoms with Gasteiger partial charge < -0.3 is 30.5 Å². The fraction of sp³-hybridized carbons (Fsp3) is 0.250. The summed E-state index contributed by atoms with van der Waals surface area (Å²) in [5, 5.41) is 47.4. The van der Waals surface area contributed by atoms with Crippen LogP contribution in [0.25, 0.3) is 11.0 Å². The Morgan fingerprint density at radius 2 is 1.76 bits per heavy atom. The van der Waals surface area contributed by atoms with Crippen molar-refractivity contribution in [1.29, 1.82) is 0 Å². The van der Waals surface area contributed by atoms with E-state index in [4.69, 9.17) is 5.11 Å². The van der Waals surface area contributed by atoms with Crippen LogP contribution in [0, 0.1) is 0 Å². The number of hydrogen-bond donors (Lipinski definition) is 6. The molecule has 0 amide bonds. The fourth-order valence-electron chi connectivity index (χ4n) is 2.73. The van der Waals surface area contributed by atoms with Crippen LogP contribution in [0.3, 0.4) is 0 Å². The molecule has 0 saturated carbocycles. The van der Waals surface area contributed by atoms with E-state index in [0.717, 1.165) is 6.21 Å². The predicted octanol–water partition coefficient (Wildman–Crippen LogP) is -0.0679. The van der Waals surface area contributed by atoms with Gasteiger partial charge in [0.1, 0.15) is 24.4 Å². The molecular weight excluding hydrogens is 378 g/mol. The molecule has 9 nitrogen and oxygen atoms in total. The fourth-order valence-corrected chi connectivity index (χ4v) is 2.73. The van der Waals surface area contributed by atoms with E-state index in [1.807, 2.05) is 6.07 Å². The summed E-state index contributed by atoms with van der Waals surface area (Å²) in [4.78, 5) is 23.6. The lowest BCUT2D eigenvalue weighted by molar-refractivity contribution is -0.0999. The molecule has 0 aliphatic carbocycles. The second kappa shape index (κ2) is 9.03. The summed E-state index contributed by atoms with van der Waals surface area (Å²) < 4.78 is 0. The third-order valence-corrected chi connectivity index (χ3v) is 4.40. The van der Waals surface area contributed by atoms with Crippen molar-refractivity contribution in [2.45, 2.75) is 24.4 Å². The SMILES string of the molecule is O=C(c1ccccc1)c1ccc2nc(/N=C/C(O)C(O)C(O)C(O)CO)[nH]c2c1. The Kier molecular flexibility index (Phi) is 6.47. The largest absolute Gasteiger partial charge is 0.394 e. The van der Waals surface area contributed by atoms with Crippen LogP contribution in [0.4, 0.5) is 5.95 Å². The van der Waals surface area contributed by atoms with Crippen molar-refractivity contribution in [3.8, 4) is 0 Å². The standard InChI is InChI=1S/C20H21N3O6/c24-10-16(26)19(29)18(28)15(25)9-21-20-22-13-7-6-12(8-14(13)23-20)17(27)11-4-2-1-3-5-11/h1-9,15-16,18-19,24-26,28-29H,10H2,(H,22,23)/b21-9+. The van der Waals surface area contributed by atoms with Crippen molar-refractivity contribution < 1.29 is 30.3 Å². The molecule has 3 aromatic rings. The Bertz CT molecular complexity index is 1000. The van der Waals surface area contributed by atoms with E-state index >= 15 is 0 Å². The van der Waals surface area contributed by atoms with Gasteiger partial charge in [-0.15, -0.1) is 0 Å². The van der Waals surface area contributed by atoms with Gasteiger partial charge in [-0.1, -0.05) is 30.3 Å². The van der Waals surface area contributed by atoms with Gasteiger partial charge in [0, 0.05) is 17.3 Å². The molecule has 0 saturated heterocycles. The maximum Gasteiger partial charge on any atom is 0.227 e. The van der Waals surface area contributed by atoms with Crippen LogP contribution in [-0.2, 0) is 0 Å². The molecule has 2 aromatic carbocycles. The number of hydrogen-bond acceptors (Lipinski definition) is 8. The minimum absolute atomic E-state index is 0.118. The van der Waals surface area contributed by atoms with Crippen LogP contribution in [0.15, 0.2) is 53.5 Å². The Hall–Kier alpha value is -2.95. The van der Waals surface area contributed by atoms with Crippen LogP contribution < -0.4 is 0 Å². The summed E-state index contributed by atoms with van der Waals surface area (Å²) in [7, 11) is 0. The minimum atomic E-state index is -1.75. The third kappa shape index (κ3) is 4.73. The zero-order valence-corrected chi connectivity index (χ0v) is 15.3. The number of carbonyl (C=O) groups excluding carboxylic acids is 1. The Morgan fingerprint density at radius 3 is 2.45 bits per heavy atom. The number of fused-ring (bicyclic) bond motifs is 1. The van der Waals surface area contributed by atoms with Gasteiger partial charge in [0.15, 0.2) is 5.78 Å². The topological polar surface area (TPSA) is 159 Å². The number of aliphatic hydroxyl groups is 5. The number of aliphatic hydroxyl groups excluding tert-OH is 5. The highest BCUT2D eigenvalue weighted by Crippen LogP contribution is 2.20. The molecular formula is C20H21N3O6. The first-order valence-corrected chi connectivity index (χ1v) is 8.87. The lowest BCUT2D eigenvalue weighted by Crippen LogP contribution is -2.46. The van der Waals surface area contributed by atoms with Crippen molar-refractivity contribution in [1.82, 2.24) is 9.97 Å². The number of carbonyl (C=O) groups is 1. The highest BCUT2D eigenvalue weighted by Gasteiger charge is 2.29. The molecule has 1 aromatic heterocycles. The second-order valence-corrected chi connectivity index (χ2v) is 6.49. The van der Waals surface area contributed by atoms with Crippen LogP contribution in [0.1, 0.15) is 15.9 Å². The number of rotatable bonds is 8. The van der Waals surface area contributed by atoms with E-state index in [2.05, 4.69) is 15.0 Å². The number of nitrogens with zero attached hydrogens (tertiary/aromatic N) is 2. The molecule has 29 heavy (non-hydrogen) atoms. The number of nitrogens with one attached hydrogen (secondary N) is 1. The number of aromatic nitrogens is 2. The van der Waals surface area contributed by atoms with E-state index < -0.39 is 31.0 Å². The molecule has 3 rings (SSSR count). The van der Waals surface area contributed by atoms with Crippen molar-refractivity contribution in [3.63, 3.8) is 0 Å². The number of aromatic amines is 1. The van der Waals surface area contributed by atoms with Gasteiger partial charge >= 0.3 is 0 Å². The highest BCUT2D eigenvalue weighted by molar-refractivity contribution is 6.10. The summed E-state index contributed by atoms with van der Waals surface area (Å²) in [6, 6.07) is 13.8. The summed E-state index contributed by atoms with van der Waals surface area (Å²) >= 11 is 0. The maximum absolute atomic E-state index is 12.5. The first kappa shape index (κ1) is 20.8. The summed E-state index contributed by atoms with van der Waals surface area (Å²) in [6.45, 7) is -0.768. The van der Waals surface area contributed by atoms with Crippen LogP contribution in [-0.4, -0.2) is 78.5 Å². The molecule has 0 bridgehead atoms. The maximum atomic E-state index is 12.5. The predicted molar refractivity (Wildman–Crippen MR) is 105 cm³/mol. The summed E-state index contributed by atoms with van der Waals surface area (Å²) in [5.74, 6) is -0.0186. The number of H-pyrrole nitrogens is 1. The normalized spacial score (nSPS) is 16.0. The van der Waals surface area contributed by atoms with Gasteiger partial charge in [-0.05, 0) is 18.2 Å². The van der Waals surface area contributed by atoms with E-state index in [9.17, 15) is 25.2 Å². The van der Waals surface area contributed by atoms with Crippen LogP contribution in [0.2, 0.25) is 0 Å². The van der Waals surface area contributed by atoms with Crippen molar-refractivity contribution in [2.75, 3.05) is 6.61 Å². The third-order valence-electron chi connectivity index (χ3n) is 4.40. The average molecular weight is 399 g/mol. The van der Waals surface area contributed by atoms with Gasteiger partial charge in [0.25, 0.3) is 0 Å². The number of benzene rings is 2. The molecule has 6 N–H and O–H groups in total. The van der Waals surface area contributed by atoms with E-state index in [1.54, 1.807) is 42.5 Å². The first-order chi connectivity index (χ1) is 13.9. The molecule has 4 atom stereocenters.